The molecule has 5 rings (SSSR count). The van der Waals surface area contributed by atoms with Crippen molar-refractivity contribution >= 4 is 23.5 Å². The van der Waals surface area contributed by atoms with Crippen LogP contribution in [0.5, 0.6) is 5.75 Å². The van der Waals surface area contributed by atoms with Crippen molar-refractivity contribution in [3.05, 3.63) is 36.4 Å². The molecule has 1 aromatic rings. The number of urea groups is 1. The molecule has 0 aromatic heterocycles. The molecule has 0 spiro atoms. The van der Waals surface area contributed by atoms with E-state index in [1.807, 2.05) is 0 Å². The number of anilines is 1. The number of rotatable bonds is 5. The molecule has 1 saturated carbocycles. The number of nitrogens with zero attached hydrogens (tertiary/aromatic N) is 1. The van der Waals surface area contributed by atoms with Crippen molar-refractivity contribution in [2.45, 2.75) is 12.8 Å². The number of ether oxygens (including phenoxy) is 1. The van der Waals surface area contributed by atoms with E-state index in [9.17, 15) is 14.4 Å². The second-order valence-corrected chi connectivity index (χ2v) is 7.28. The molecule has 142 valence electrons. The van der Waals surface area contributed by atoms with Crippen LogP contribution in [0.25, 0.3) is 0 Å². The van der Waals surface area contributed by atoms with Gasteiger partial charge in [-0.05, 0) is 48.9 Å². The first-order valence-electron chi connectivity index (χ1n) is 9.31. The summed E-state index contributed by atoms with van der Waals surface area (Å²) in [5.41, 5.74) is 0.635. The van der Waals surface area contributed by atoms with Gasteiger partial charge in [0.25, 0.3) is 0 Å². The minimum atomic E-state index is -0.376. The Morgan fingerprint density at radius 1 is 1.07 bits per heavy atom. The van der Waals surface area contributed by atoms with E-state index in [2.05, 4.69) is 22.8 Å². The highest BCUT2D eigenvalue weighted by Gasteiger charge is 2.56. The van der Waals surface area contributed by atoms with E-state index in [1.54, 1.807) is 31.4 Å². The fourth-order valence-electron chi connectivity index (χ4n) is 4.49. The highest BCUT2D eigenvalue weighted by atomic mass is 16.5. The number of carbonyl (C=O) groups is 3. The Morgan fingerprint density at radius 3 is 2.19 bits per heavy atom. The molecule has 1 aliphatic heterocycles. The minimum Gasteiger partial charge on any atom is -0.497 e. The maximum Gasteiger partial charge on any atom is 0.319 e. The van der Waals surface area contributed by atoms with Crippen molar-refractivity contribution < 1.29 is 19.1 Å². The summed E-state index contributed by atoms with van der Waals surface area (Å²) in [5.74, 6) is 0.518. The van der Waals surface area contributed by atoms with Gasteiger partial charge < -0.3 is 15.4 Å². The van der Waals surface area contributed by atoms with Gasteiger partial charge in [0, 0.05) is 18.8 Å². The fraction of sp³-hybridized carbons (Fsp3) is 0.450. The summed E-state index contributed by atoms with van der Waals surface area (Å²) >= 11 is 0. The van der Waals surface area contributed by atoms with Gasteiger partial charge in [0.1, 0.15) is 5.75 Å². The summed E-state index contributed by atoms with van der Waals surface area (Å²) < 4.78 is 5.07. The van der Waals surface area contributed by atoms with Crippen LogP contribution in [0.1, 0.15) is 12.8 Å². The van der Waals surface area contributed by atoms with E-state index in [1.165, 1.54) is 4.90 Å². The van der Waals surface area contributed by atoms with Crippen LogP contribution in [0.3, 0.4) is 0 Å². The van der Waals surface area contributed by atoms with Gasteiger partial charge in [-0.25, -0.2) is 4.79 Å². The Morgan fingerprint density at radius 2 is 1.67 bits per heavy atom. The number of hydrogen-bond donors (Lipinski definition) is 2. The molecule has 27 heavy (non-hydrogen) atoms. The standard InChI is InChI=1S/C20H23N3O4/c1-27-15-8-6-14(7-9-15)22-20(26)21-10-11-23-18(24)16-12-2-3-13(5-4-12)17(16)19(23)25/h2-3,6-9,12-13,16-17H,4-5,10-11H2,1H3,(H2,21,22,26)/t12-,13-,16-,17-/m0/s1. The molecule has 3 aliphatic carbocycles. The SMILES string of the molecule is COc1ccc(NC(=O)NCCN2C(=O)[C@@H]3[C@@H](C2=O)[C@H]2C=C[C@H]3CC2)cc1. The van der Waals surface area contributed by atoms with Crippen LogP contribution in [0.4, 0.5) is 10.5 Å². The van der Waals surface area contributed by atoms with Crippen LogP contribution >= 0.6 is 0 Å². The molecule has 1 aromatic carbocycles. The molecule has 2 fully saturated rings. The molecule has 2 bridgehead atoms. The fourth-order valence-corrected chi connectivity index (χ4v) is 4.49. The maximum absolute atomic E-state index is 12.7. The molecule has 0 unspecified atom stereocenters. The number of methoxy groups -OCH3 is 1. The molecule has 1 saturated heterocycles. The van der Waals surface area contributed by atoms with Gasteiger partial charge in [0.05, 0.1) is 18.9 Å². The molecule has 0 radical (unpaired) electrons. The molecule has 2 N–H and O–H groups in total. The largest absolute Gasteiger partial charge is 0.497 e. The summed E-state index contributed by atoms with van der Waals surface area (Å²) in [7, 11) is 1.58. The number of imide groups is 1. The number of benzene rings is 1. The quantitative estimate of drug-likeness (QED) is 0.614. The van der Waals surface area contributed by atoms with Crippen molar-refractivity contribution in [1.82, 2.24) is 10.2 Å². The second-order valence-electron chi connectivity index (χ2n) is 7.28. The average molecular weight is 369 g/mol. The third-order valence-electron chi connectivity index (χ3n) is 5.82. The third kappa shape index (κ3) is 3.18. The van der Waals surface area contributed by atoms with Crippen LogP contribution in [-0.2, 0) is 9.59 Å². The van der Waals surface area contributed by atoms with Crippen molar-refractivity contribution in [1.29, 1.82) is 0 Å². The Balaban J connectivity index is 1.29. The first-order valence-corrected chi connectivity index (χ1v) is 9.31. The first-order chi connectivity index (χ1) is 13.1. The zero-order valence-corrected chi connectivity index (χ0v) is 15.2. The predicted octanol–water partition coefficient (Wildman–Crippen LogP) is 2.01. The lowest BCUT2D eigenvalue weighted by atomic mass is 9.63. The topological polar surface area (TPSA) is 87.7 Å². The van der Waals surface area contributed by atoms with Crippen molar-refractivity contribution in [3.63, 3.8) is 0 Å². The van der Waals surface area contributed by atoms with Crippen LogP contribution < -0.4 is 15.4 Å². The number of hydrogen-bond acceptors (Lipinski definition) is 4. The lowest BCUT2D eigenvalue weighted by molar-refractivity contribution is -0.140. The van der Waals surface area contributed by atoms with Crippen molar-refractivity contribution in [3.8, 4) is 5.75 Å². The number of fused-ring (bicyclic) bond motifs is 1. The lowest BCUT2D eigenvalue weighted by Crippen LogP contribution is -2.40. The molecular formula is C20H23N3O4. The Kier molecular flexibility index (Phi) is 4.59. The van der Waals surface area contributed by atoms with Crippen LogP contribution in [0.2, 0.25) is 0 Å². The van der Waals surface area contributed by atoms with E-state index in [0.717, 1.165) is 12.8 Å². The Bertz CT molecular complexity index is 757. The summed E-state index contributed by atoms with van der Waals surface area (Å²) in [4.78, 5) is 38.7. The summed E-state index contributed by atoms with van der Waals surface area (Å²) in [6.07, 6.45) is 6.17. The molecule has 4 atom stereocenters. The van der Waals surface area contributed by atoms with E-state index < -0.39 is 0 Å². The normalized spacial score (nSPS) is 28.3. The molecule has 1 heterocycles. The summed E-state index contributed by atoms with van der Waals surface area (Å²) in [6, 6.07) is 6.60. The van der Waals surface area contributed by atoms with Crippen molar-refractivity contribution in [2.75, 3.05) is 25.5 Å². The number of amides is 4. The Labute approximate surface area is 157 Å². The highest BCUT2D eigenvalue weighted by molar-refractivity contribution is 6.06. The van der Waals surface area contributed by atoms with Gasteiger partial charge in [0.15, 0.2) is 0 Å². The maximum atomic E-state index is 12.7. The summed E-state index contributed by atoms with van der Waals surface area (Å²) in [6.45, 7) is 0.432. The number of likely N-dealkylation sites (tertiary alicyclic amines) is 1. The molecular weight excluding hydrogens is 346 g/mol. The van der Waals surface area contributed by atoms with Crippen LogP contribution in [0.15, 0.2) is 36.4 Å². The number of nitrogens with one attached hydrogen (secondary N) is 2. The van der Waals surface area contributed by atoms with E-state index in [-0.39, 0.29) is 54.6 Å². The van der Waals surface area contributed by atoms with Gasteiger partial charge in [-0.3, -0.25) is 14.5 Å². The smallest absolute Gasteiger partial charge is 0.319 e. The van der Waals surface area contributed by atoms with Gasteiger partial charge in [-0.1, -0.05) is 12.2 Å². The predicted molar refractivity (Wildman–Crippen MR) is 99.1 cm³/mol. The third-order valence-corrected chi connectivity index (χ3v) is 5.82. The van der Waals surface area contributed by atoms with Crippen LogP contribution in [0, 0.1) is 23.7 Å². The zero-order chi connectivity index (χ0) is 19.0. The molecule has 4 amide bonds. The van der Waals surface area contributed by atoms with Gasteiger partial charge in [-0.15, -0.1) is 0 Å². The molecule has 7 heteroatoms. The molecule has 4 aliphatic rings. The summed E-state index contributed by atoms with van der Waals surface area (Å²) in [5, 5.41) is 5.42. The monoisotopic (exact) mass is 369 g/mol. The minimum absolute atomic E-state index is 0.0820. The van der Waals surface area contributed by atoms with Gasteiger partial charge in [0.2, 0.25) is 11.8 Å². The Hall–Kier alpha value is -2.83. The van der Waals surface area contributed by atoms with E-state index in [4.69, 9.17) is 4.74 Å². The van der Waals surface area contributed by atoms with Gasteiger partial charge >= 0.3 is 6.03 Å². The first kappa shape index (κ1) is 17.6. The lowest BCUT2D eigenvalue weighted by Gasteiger charge is -2.38. The van der Waals surface area contributed by atoms with E-state index >= 15 is 0 Å². The van der Waals surface area contributed by atoms with Crippen LogP contribution in [-0.4, -0.2) is 42.9 Å². The highest BCUT2D eigenvalue weighted by Crippen LogP contribution is 2.49. The number of carbonyl (C=O) groups excluding carboxylic acids is 3. The zero-order valence-electron chi connectivity index (χ0n) is 15.2. The van der Waals surface area contributed by atoms with E-state index in [0.29, 0.717) is 11.4 Å². The van der Waals surface area contributed by atoms with Gasteiger partial charge in [-0.2, -0.15) is 0 Å². The second kappa shape index (κ2) is 7.06. The molecule has 7 nitrogen and oxygen atoms in total. The number of allylic oxidation sites excluding steroid dienone is 2. The van der Waals surface area contributed by atoms with Crippen molar-refractivity contribution in [2.24, 2.45) is 23.7 Å². The average Bonchev–Trinajstić information content (AvgIpc) is 2.96.